The highest BCUT2D eigenvalue weighted by atomic mass is 16.5. The summed E-state index contributed by atoms with van der Waals surface area (Å²) >= 11 is 0. The van der Waals surface area contributed by atoms with Gasteiger partial charge in [-0.25, -0.2) is 0 Å². The second kappa shape index (κ2) is 9.46. The zero-order valence-electron chi connectivity index (χ0n) is 19.3. The van der Waals surface area contributed by atoms with E-state index in [2.05, 4.69) is 39.2 Å². The molecule has 1 aliphatic carbocycles. The van der Waals surface area contributed by atoms with Gasteiger partial charge in [-0.3, -0.25) is 14.7 Å². The minimum atomic E-state index is -0.263. The average molecular weight is 437 g/mol. The van der Waals surface area contributed by atoms with Crippen molar-refractivity contribution in [3.63, 3.8) is 0 Å². The first kappa shape index (κ1) is 21.8. The number of piperidine rings is 1. The van der Waals surface area contributed by atoms with Crippen LogP contribution >= 0.6 is 0 Å². The van der Waals surface area contributed by atoms with Gasteiger partial charge in [-0.1, -0.05) is 25.1 Å². The van der Waals surface area contributed by atoms with Crippen molar-refractivity contribution in [2.45, 2.75) is 45.2 Å². The molecule has 3 heterocycles. The molecule has 0 unspecified atom stereocenters. The normalized spacial score (nSPS) is 29.5. The van der Waals surface area contributed by atoms with Crippen LogP contribution in [0.15, 0.2) is 36.5 Å². The molecular weight excluding hydrogens is 400 g/mol. The number of nitrogens with one attached hydrogen (secondary N) is 1. The van der Waals surface area contributed by atoms with Gasteiger partial charge in [-0.05, 0) is 62.4 Å². The van der Waals surface area contributed by atoms with E-state index in [9.17, 15) is 4.79 Å². The smallest absolute Gasteiger partial charge is 0.228 e. The fraction of sp³-hybridized carbons (Fsp3) is 0.615. The number of rotatable bonds is 5. The molecule has 1 saturated carbocycles. The van der Waals surface area contributed by atoms with Gasteiger partial charge in [0.15, 0.2) is 0 Å². The van der Waals surface area contributed by atoms with E-state index in [1.165, 1.54) is 0 Å². The second-order valence-electron chi connectivity index (χ2n) is 9.81. The maximum atomic E-state index is 13.7. The second-order valence-corrected chi connectivity index (χ2v) is 9.81. The molecule has 1 N–H and O–H groups in total. The molecule has 1 amide bonds. The minimum Gasteiger partial charge on any atom is -0.379 e. The summed E-state index contributed by atoms with van der Waals surface area (Å²) in [7, 11) is 0. The summed E-state index contributed by atoms with van der Waals surface area (Å²) in [6.07, 6.45) is 6.26. The van der Waals surface area contributed by atoms with Crippen LogP contribution < -0.4 is 5.32 Å². The molecule has 3 aliphatic rings. The SMILES string of the molecule is CCN1CC[C@@H]2C[C@@H](N3CCOCC3)CC[C@@]2(C(=O)NCc2cnc3ccccc3c2)C1. The Bertz CT molecular complexity index is 944. The van der Waals surface area contributed by atoms with E-state index in [4.69, 9.17) is 4.74 Å². The third-order valence-corrected chi connectivity index (χ3v) is 8.12. The summed E-state index contributed by atoms with van der Waals surface area (Å²) in [4.78, 5) is 23.4. The van der Waals surface area contributed by atoms with Crippen molar-refractivity contribution in [1.82, 2.24) is 20.1 Å². The molecule has 3 fully saturated rings. The number of aromatic nitrogens is 1. The molecule has 3 atom stereocenters. The summed E-state index contributed by atoms with van der Waals surface area (Å²) in [6.45, 7) is 9.54. The number of hydrogen-bond acceptors (Lipinski definition) is 5. The van der Waals surface area contributed by atoms with Gasteiger partial charge in [0.05, 0.1) is 24.1 Å². The number of amides is 1. The Morgan fingerprint density at radius 1 is 1.22 bits per heavy atom. The zero-order valence-corrected chi connectivity index (χ0v) is 19.3. The highest BCUT2D eigenvalue weighted by Crippen LogP contribution is 2.47. The minimum absolute atomic E-state index is 0.245. The lowest BCUT2D eigenvalue weighted by atomic mass is 9.61. The summed E-state index contributed by atoms with van der Waals surface area (Å²) in [5, 5.41) is 4.44. The third-order valence-electron chi connectivity index (χ3n) is 8.12. The topological polar surface area (TPSA) is 57.7 Å². The van der Waals surface area contributed by atoms with Gasteiger partial charge in [0.25, 0.3) is 0 Å². The first-order valence-electron chi connectivity index (χ1n) is 12.3. The molecule has 0 spiro atoms. The lowest BCUT2D eigenvalue weighted by Crippen LogP contribution is -2.60. The summed E-state index contributed by atoms with van der Waals surface area (Å²) in [5.74, 6) is 0.704. The van der Waals surface area contributed by atoms with Crippen LogP contribution in [-0.2, 0) is 16.1 Å². The number of pyridine rings is 1. The molecule has 6 nitrogen and oxygen atoms in total. The van der Waals surface area contributed by atoms with Gasteiger partial charge in [0.2, 0.25) is 5.91 Å². The molecule has 1 aromatic heterocycles. The molecule has 32 heavy (non-hydrogen) atoms. The number of carbonyl (C=O) groups is 1. The van der Waals surface area contributed by atoms with Crippen molar-refractivity contribution in [1.29, 1.82) is 0 Å². The Labute approximate surface area is 191 Å². The molecule has 0 bridgehead atoms. The standard InChI is InChI=1S/C26H36N4O2/c1-2-29-10-8-22-16-23(30-11-13-32-14-12-30)7-9-26(22,19-29)25(31)28-18-20-15-21-5-3-4-6-24(21)27-17-20/h3-6,15,17,22-23H,2,7-14,16,18-19H2,1H3,(H,28,31)/t22-,23+,26-/m1/s1. The van der Waals surface area contributed by atoms with E-state index in [1.807, 2.05) is 24.4 Å². The maximum absolute atomic E-state index is 13.7. The van der Waals surface area contributed by atoms with E-state index in [1.54, 1.807) is 0 Å². The van der Waals surface area contributed by atoms with E-state index < -0.39 is 0 Å². The molecule has 0 radical (unpaired) electrons. The quantitative estimate of drug-likeness (QED) is 0.781. The van der Waals surface area contributed by atoms with Gasteiger partial charge in [0, 0.05) is 43.8 Å². The Hall–Kier alpha value is -2.02. The number of likely N-dealkylation sites (tertiary alicyclic amines) is 1. The van der Waals surface area contributed by atoms with Gasteiger partial charge in [-0.2, -0.15) is 0 Å². The molecule has 5 rings (SSSR count). The van der Waals surface area contributed by atoms with Gasteiger partial charge in [0.1, 0.15) is 0 Å². The van der Waals surface area contributed by atoms with Gasteiger partial charge < -0.3 is 15.0 Å². The monoisotopic (exact) mass is 436 g/mol. The van der Waals surface area contributed by atoms with Gasteiger partial charge in [-0.15, -0.1) is 0 Å². The number of morpholine rings is 1. The molecule has 172 valence electrons. The Kier molecular flexibility index (Phi) is 6.44. The summed E-state index contributed by atoms with van der Waals surface area (Å²) in [6, 6.07) is 10.9. The summed E-state index contributed by atoms with van der Waals surface area (Å²) in [5.41, 5.74) is 1.80. The number of ether oxygens (including phenoxy) is 1. The van der Waals surface area contributed by atoms with Crippen LogP contribution in [0.3, 0.4) is 0 Å². The van der Waals surface area contributed by atoms with E-state index in [-0.39, 0.29) is 11.3 Å². The number of fused-ring (bicyclic) bond motifs is 2. The van der Waals surface area contributed by atoms with Crippen LogP contribution in [0, 0.1) is 11.3 Å². The highest BCUT2D eigenvalue weighted by Gasteiger charge is 2.52. The van der Waals surface area contributed by atoms with E-state index in [0.717, 1.165) is 88.1 Å². The van der Waals surface area contributed by atoms with Crippen LogP contribution in [0.1, 0.15) is 38.2 Å². The first-order chi connectivity index (χ1) is 15.7. The number of hydrogen-bond donors (Lipinski definition) is 1. The number of benzene rings is 1. The molecular formula is C26H36N4O2. The third kappa shape index (κ3) is 4.28. The van der Waals surface area contributed by atoms with Crippen molar-refractivity contribution in [2.75, 3.05) is 45.9 Å². The maximum Gasteiger partial charge on any atom is 0.228 e. The molecule has 1 aromatic carbocycles. The lowest BCUT2D eigenvalue weighted by Gasteiger charge is -2.53. The number of nitrogens with zero attached hydrogens (tertiary/aromatic N) is 3. The lowest BCUT2D eigenvalue weighted by molar-refractivity contribution is -0.145. The first-order valence-corrected chi connectivity index (χ1v) is 12.3. The Morgan fingerprint density at radius 3 is 2.91 bits per heavy atom. The van der Waals surface area contributed by atoms with Crippen molar-refractivity contribution in [2.24, 2.45) is 11.3 Å². The van der Waals surface area contributed by atoms with Crippen LogP contribution in [0.4, 0.5) is 0 Å². The average Bonchev–Trinajstić information content (AvgIpc) is 2.86. The highest BCUT2D eigenvalue weighted by molar-refractivity contribution is 5.84. The van der Waals surface area contributed by atoms with Crippen molar-refractivity contribution in [3.8, 4) is 0 Å². The van der Waals surface area contributed by atoms with Crippen molar-refractivity contribution >= 4 is 16.8 Å². The van der Waals surface area contributed by atoms with Crippen LogP contribution in [0.2, 0.25) is 0 Å². The van der Waals surface area contributed by atoms with Crippen LogP contribution in [0.25, 0.3) is 10.9 Å². The van der Waals surface area contributed by atoms with Gasteiger partial charge >= 0.3 is 0 Å². The Balaban J connectivity index is 1.30. The number of para-hydroxylation sites is 1. The summed E-state index contributed by atoms with van der Waals surface area (Å²) < 4.78 is 5.57. The largest absolute Gasteiger partial charge is 0.379 e. The van der Waals surface area contributed by atoms with Crippen molar-refractivity contribution < 1.29 is 9.53 Å². The molecule has 2 aromatic rings. The number of carbonyl (C=O) groups excluding carboxylic acids is 1. The van der Waals surface area contributed by atoms with Crippen LogP contribution in [0.5, 0.6) is 0 Å². The fourth-order valence-electron chi connectivity index (χ4n) is 6.21. The fourth-order valence-corrected chi connectivity index (χ4v) is 6.21. The molecule has 6 heteroatoms. The van der Waals surface area contributed by atoms with Crippen molar-refractivity contribution in [3.05, 3.63) is 42.1 Å². The van der Waals surface area contributed by atoms with Crippen LogP contribution in [-0.4, -0.2) is 72.7 Å². The molecule has 2 aliphatic heterocycles. The van der Waals surface area contributed by atoms with E-state index >= 15 is 0 Å². The molecule has 2 saturated heterocycles. The predicted molar refractivity (Wildman–Crippen MR) is 126 cm³/mol. The van der Waals surface area contributed by atoms with E-state index in [0.29, 0.717) is 18.5 Å². The predicted octanol–water partition coefficient (Wildman–Crippen LogP) is 3.06. The Morgan fingerprint density at radius 2 is 2.06 bits per heavy atom. The zero-order chi connectivity index (χ0) is 22.0.